The Morgan fingerprint density at radius 1 is 0.708 bits per heavy atom. The van der Waals surface area contributed by atoms with Gasteiger partial charge in [0.05, 0.1) is 0 Å². The summed E-state index contributed by atoms with van der Waals surface area (Å²) >= 11 is -1.98. The van der Waals surface area contributed by atoms with E-state index in [1.54, 1.807) is 0 Å². The quantitative estimate of drug-likeness (QED) is 0.390. The Bertz CT molecular complexity index is 664. The molecule has 0 saturated carbocycles. The van der Waals surface area contributed by atoms with Gasteiger partial charge in [0.2, 0.25) is 0 Å². The molecule has 3 rings (SSSR count). The number of benzene rings is 3. The van der Waals surface area contributed by atoms with Crippen LogP contribution in [0.5, 0.6) is 0 Å². The Morgan fingerprint density at radius 2 is 0.958 bits per heavy atom. The van der Waals surface area contributed by atoms with Gasteiger partial charge in [-0.2, -0.15) is 0 Å². The number of hydrogen-bond donors (Lipinski definition) is 1. The molecule has 0 unspecified atom stereocenters. The molecule has 0 atom stereocenters. The first-order chi connectivity index (χ1) is 11.7. The van der Waals surface area contributed by atoms with E-state index in [2.05, 4.69) is 97.6 Å². The van der Waals surface area contributed by atoms with E-state index in [0.717, 1.165) is 6.08 Å². The van der Waals surface area contributed by atoms with Crippen molar-refractivity contribution >= 4 is 36.4 Å². The zero-order valence-electron chi connectivity index (χ0n) is 13.4. The number of hydrogen-bond acceptors (Lipinski definition) is 2. The average Bonchev–Trinajstić information content (AvgIpc) is 2.65. The molecule has 0 heterocycles. The first-order valence-corrected chi connectivity index (χ1v) is 11.9. The summed E-state index contributed by atoms with van der Waals surface area (Å²) < 4.78 is 4.59. The van der Waals surface area contributed by atoms with Crippen LogP contribution in [0.1, 0.15) is 0 Å². The third-order valence-electron chi connectivity index (χ3n) is 3.37. The van der Waals surface area contributed by atoms with Crippen molar-refractivity contribution < 1.29 is 5.11 Å². The van der Waals surface area contributed by atoms with Crippen molar-refractivity contribution in [2.75, 3.05) is 0 Å². The average molecular weight is 420 g/mol. The van der Waals surface area contributed by atoms with Gasteiger partial charge in [-0.15, -0.1) is 0 Å². The molecule has 0 aliphatic rings. The van der Waals surface area contributed by atoms with Gasteiger partial charge in [-0.1, -0.05) is 12.7 Å². The predicted molar refractivity (Wildman–Crippen MR) is 102 cm³/mol. The van der Waals surface area contributed by atoms with Gasteiger partial charge in [0.15, 0.2) is 0 Å². The van der Waals surface area contributed by atoms with Gasteiger partial charge < -0.3 is 10.5 Å². The molecule has 0 bridgehead atoms. The molecular weight excluding hydrogens is 401 g/mol. The van der Waals surface area contributed by atoms with E-state index in [1.807, 2.05) is 0 Å². The molecule has 0 aliphatic carbocycles. The summed E-state index contributed by atoms with van der Waals surface area (Å²) in [6.45, 7) is 3.02. The number of rotatable bonds is 4. The minimum atomic E-state index is -1.98. The van der Waals surface area contributed by atoms with Crippen LogP contribution in [0, 0.1) is 5.41 Å². The maximum absolute atomic E-state index is 9.36. The summed E-state index contributed by atoms with van der Waals surface area (Å²) in [5.74, 6) is -0.731. The summed E-state index contributed by atoms with van der Waals surface area (Å²) in [5, 5.41) is 15.4. The fourth-order valence-electron chi connectivity index (χ4n) is 2.31. The van der Waals surface area contributed by atoms with Crippen LogP contribution in [0.15, 0.2) is 104 Å². The first-order valence-electron chi connectivity index (χ1n) is 7.63. The molecule has 0 fully saturated rings. The zero-order valence-corrected chi connectivity index (χ0v) is 16.2. The molecule has 0 amide bonds. The third-order valence-corrected chi connectivity index (χ3v) is 11.2. The SMILES string of the molecule is C=CC(=N)[O-].c1cc[c]([Sn+]([c]2ccccc2)[c]2ccccc2)cc1. The van der Waals surface area contributed by atoms with Crippen LogP contribution < -0.4 is 15.8 Å². The molecular formula is C21H19NOSn. The Kier molecular flexibility index (Phi) is 7.30. The van der Waals surface area contributed by atoms with Gasteiger partial charge in [-0.05, 0) is 5.90 Å². The molecule has 3 aromatic carbocycles. The van der Waals surface area contributed by atoms with Crippen LogP contribution in [0.4, 0.5) is 0 Å². The molecule has 2 nitrogen and oxygen atoms in total. The Balaban J connectivity index is 0.000000368. The molecule has 0 radical (unpaired) electrons. The normalized spacial score (nSPS) is 9.33. The van der Waals surface area contributed by atoms with Crippen molar-refractivity contribution in [1.29, 1.82) is 5.41 Å². The molecule has 118 valence electrons. The maximum atomic E-state index is 9.36. The van der Waals surface area contributed by atoms with Crippen LogP contribution in [0.2, 0.25) is 0 Å². The molecule has 0 saturated heterocycles. The summed E-state index contributed by atoms with van der Waals surface area (Å²) in [6, 6.07) is 32.9. The van der Waals surface area contributed by atoms with Gasteiger partial charge in [0.25, 0.3) is 0 Å². The van der Waals surface area contributed by atoms with Crippen molar-refractivity contribution in [3.63, 3.8) is 0 Å². The fourth-order valence-corrected chi connectivity index (χ4v) is 9.67. The summed E-state index contributed by atoms with van der Waals surface area (Å²) in [7, 11) is 0. The van der Waals surface area contributed by atoms with Crippen molar-refractivity contribution in [3.05, 3.63) is 104 Å². The van der Waals surface area contributed by atoms with E-state index in [-0.39, 0.29) is 0 Å². The topological polar surface area (TPSA) is 46.9 Å². The minimum absolute atomic E-state index is 0.731. The molecule has 3 aromatic rings. The monoisotopic (exact) mass is 421 g/mol. The predicted octanol–water partition coefficient (Wildman–Crippen LogP) is 1.71. The summed E-state index contributed by atoms with van der Waals surface area (Å²) in [6.07, 6.45) is 0.944. The second-order valence-corrected chi connectivity index (χ2v) is 12.1. The third kappa shape index (κ3) is 5.39. The van der Waals surface area contributed by atoms with Crippen LogP contribution in [-0.2, 0) is 0 Å². The fraction of sp³-hybridized carbons (Fsp3) is 0. The van der Waals surface area contributed by atoms with Crippen LogP contribution in [0.3, 0.4) is 0 Å². The second-order valence-electron chi connectivity index (χ2n) is 5.04. The van der Waals surface area contributed by atoms with E-state index in [1.165, 1.54) is 10.7 Å². The molecule has 3 heteroatoms. The van der Waals surface area contributed by atoms with Gasteiger partial charge in [0.1, 0.15) is 0 Å². The van der Waals surface area contributed by atoms with Crippen molar-refractivity contribution in [3.8, 4) is 0 Å². The summed E-state index contributed by atoms with van der Waals surface area (Å²) in [4.78, 5) is 0. The van der Waals surface area contributed by atoms with Crippen LogP contribution >= 0.6 is 0 Å². The van der Waals surface area contributed by atoms with Crippen molar-refractivity contribution in [1.82, 2.24) is 0 Å². The molecule has 0 aliphatic heterocycles. The van der Waals surface area contributed by atoms with Crippen LogP contribution in [0.25, 0.3) is 0 Å². The second kappa shape index (κ2) is 9.73. The van der Waals surface area contributed by atoms with Gasteiger partial charge >= 0.3 is 121 Å². The van der Waals surface area contributed by atoms with E-state index >= 15 is 0 Å². The Labute approximate surface area is 150 Å². The van der Waals surface area contributed by atoms with E-state index in [9.17, 15) is 5.11 Å². The molecule has 24 heavy (non-hydrogen) atoms. The zero-order chi connectivity index (χ0) is 17.2. The van der Waals surface area contributed by atoms with Gasteiger partial charge in [-0.3, -0.25) is 0 Å². The standard InChI is InChI=1S/3C6H5.C3H5NO.Sn/c3*1-2-4-6-5-3-1;1-2-3(4)5;/h3*1-5H;2H,1H2,(H2,4,5);/q;;;;+1/p-1. The van der Waals surface area contributed by atoms with E-state index < -0.39 is 25.7 Å². The molecule has 0 spiro atoms. The molecule has 1 N–H and O–H groups in total. The van der Waals surface area contributed by atoms with Gasteiger partial charge in [0, 0.05) is 0 Å². The Hall–Kier alpha value is -2.33. The van der Waals surface area contributed by atoms with Crippen molar-refractivity contribution in [2.24, 2.45) is 0 Å². The molecule has 0 aromatic heterocycles. The van der Waals surface area contributed by atoms with Gasteiger partial charge in [-0.25, -0.2) is 0 Å². The number of nitrogens with one attached hydrogen (secondary N) is 1. The first kappa shape index (κ1) is 18.0. The summed E-state index contributed by atoms with van der Waals surface area (Å²) in [5.41, 5.74) is 0. The Morgan fingerprint density at radius 3 is 1.17 bits per heavy atom. The van der Waals surface area contributed by atoms with Crippen molar-refractivity contribution in [2.45, 2.75) is 0 Å². The van der Waals surface area contributed by atoms with Crippen LogP contribution in [-0.4, -0.2) is 25.7 Å². The van der Waals surface area contributed by atoms with E-state index in [0.29, 0.717) is 0 Å². The van der Waals surface area contributed by atoms with E-state index in [4.69, 9.17) is 5.41 Å².